The summed E-state index contributed by atoms with van der Waals surface area (Å²) in [5.41, 5.74) is 6.90. The molecule has 0 atom stereocenters. The molecule has 0 spiro atoms. The number of hydrogen-bond donors (Lipinski definition) is 0. The molecule has 2 heterocycles. The summed E-state index contributed by atoms with van der Waals surface area (Å²) in [5.74, 6) is 7.51. The van der Waals surface area contributed by atoms with E-state index in [1.165, 1.54) is 70.1 Å². The van der Waals surface area contributed by atoms with Gasteiger partial charge in [0.05, 0.1) is 0 Å². The summed E-state index contributed by atoms with van der Waals surface area (Å²) in [4.78, 5) is 2.83. The van der Waals surface area contributed by atoms with E-state index in [0.717, 1.165) is 0 Å². The molecular formula is C30H30GeNS+. The standard InChI is InChI=1S/C30H30GeNS/c1-17-11-12-20-19(3)30-27(18(2)23(20)15-17)29-28-22(13-14-32(29)7)21-9-8-10-25(31(4,5)6)24(21)16-26(28)33-30/h8-16H,1-7H3/q+1. The fourth-order valence-electron chi connectivity index (χ4n) is 5.75. The van der Waals surface area contributed by atoms with Gasteiger partial charge in [-0.1, -0.05) is 0 Å². The number of hydrogen-bond acceptors (Lipinski definition) is 1. The zero-order chi connectivity index (χ0) is 23.2. The Balaban J connectivity index is 1.83. The second kappa shape index (κ2) is 7.10. The topological polar surface area (TPSA) is 3.88 Å². The van der Waals surface area contributed by atoms with Crippen LogP contribution in [0.3, 0.4) is 0 Å². The Morgan fingerprint density at radius 3 is 2.30 bits per heavy atom. The molecule has 0 N–H and O–H groups in total. The number of aryl methyl sites for hydroxylation is 4. The molecular weight excluding hydrogens is 479 g/mol. The van der Waals surface area contributed by atoms with Crippen molar-refractivity contribution in [3.63, 3.8) is 0 Å². The SMILES string of the molecule is Cc1ccc2c(C)c3c(c(C)c2c1)-c1c2c(cc4[c]([Ge]([CH3])([CH3])[CH3])cccc4c2cc[n+]1C)S3. The fraction of sp³-hybridized carbons (Fsp3) is 0.233. The van der Waals surface area contributed by atoms with E-state index in [4.69, 9.17) is 0 Å². The van der Waals surface area contributed by atoms with Gasteiger partial charge in [-0.2, -0.15) is 0 Å². The third-order valence-corrected chi connectivity index (χ3v) is 13.0. The molecule has 6 rings (SSSR count). The van der Waals surface area contributed by atoms with E-state index < -0.39 is 13.3 Å². The molecule has 0 saturated carbocycles. The Labute approximate surface area is 203 Å². The van der Waals surface area contributed by atoms with E-state index in [1.807, 2.05) is 11.8 Å². The molecule has 0 amide bonds. The minimum absolute atomic E-state index is 1.32. The summed E-state index contributed by atoms with van der Waals surface area (Å²) in [5, 5.41) is 8.45. The van der Waals surface area contributed by atoms with Gasteiger partial charge in [0.1, 0.15) is 0 Å². The van der Waals surface area contributed by atoms with Crippen molar-refractivity contribution in [3.8, 4) is 11.3 Å². The average molecular weight is 509 g/mol. The predicted molar refractivity (Wildman–Crippen MR) is 147 cm³/mol. The van der Waals surface area contributed by atoms with E-state index in [2.05, 4.69) is 104 Å². The number of nitrogens with zero attached hydrogens (tertiary/aromatic N) is 1. The molecule has 0 bridgehead atoms. The van der Waals surface area contributed by atoms with Crippen molar-refractivity contribution in [3.05, 3.63) is 71.4 Å². The molecule has 0 unspecified atom stereocenters. The third-order valence-electron chi connectivity index (χ3n) is 7.42. The van der Waals surface area contributed by atoms with Crippen LogP contribution in [0, 0.1) is 20.8 Å². The quantitative estimate of drug-likeness (QED) is 0.126. The number of benzene rings is 4. The second-order valence-corrected chi connectivity index (χ2v) is 22.3. The first-order chi connectivity index (χ1) is 15.7. The molecule has 5 aromatic rings. The van der Waals surface area contributed by atoms with Crippen molar-refractivity contribution in [1.82, 2.24) is 0 Å². The van der Waals surface area contributed by atoms with Crippen LogP contribution in [-0.2, 0) is 7.05 Å². The Morgan fingerprint density at radius 1 is 0.758 bits per heavy atom. The van der Waals surface area contributed by atoms with Crippen LogP contribution in [-0.4, -0.2) is 13.3 Å². The maximum atomic E-state index is 2.51. The van der Waals surface area contributed by atoms with Crippen molar-refractivity contribution >= 4 is 61.7 Å². The summed E-state index contributed by atoms with van der Waals surface area (Å²) in [6, 6.07) is 18.8. The minimum atomic E-state index is -2.03. The molecule has 33 heavy (non-hydrogen) atoms. The molecule has 0 saturated heterocycles. The van der Waals surface area contributed by atoms with Crippen molar-refractivity contribution in [1.29, 1.82) is 0 Å². The van der Waals surface area contributed by atoms with Crippen molar-refractivity contribution in [2.24, 2.45) is 7.05 Å². The van der Waals surface area contributed by atoms with Crippen LogP contribution in [0.2, 0.25) is 17.3 Å². The summed E-state index contributed by atoms with van der Waals surface area (Å²) in [7, 11) is 2.21. The first-order valence-corrected chi connectivity index (χ1v) is 19.9. The van der Waals surface area contributed by atoms with E-state index >= 15 is 0 Å². The van der Waals surface area contributed by atoms with Gasteiger partial charge in [0.2, 0.25) is 0 Å². The molecule has 0 aliphatic carbocycles. The third kappa shape index (κ3) is 2.96. The number of fused-ring (bicyclic) bond motifs is 5. The van der Waals surface area contributed by atoms with Crippen LogP contribution in [0.1, 0.15) is 16.7 Å². The number of pyridine rings is 1. The molecule has 0 fully saturated rings. The summed E-state index contributed by atoms with van der Waals surface area (Å²) in [6.45, 7) is 6.82. The van der Waals surface area contributed by atoms with E-state index in [9.17, 15) is 0 Å². The predicted octanol–water partition coefficient (Wildman–Crippen LogP) is 7.57. The molecule has 1 aromatic heterocycles. The van der Waals surface area contributed by atoms with Crippen LogP contribution in [0.25, 0.3) is 43.6 Å². The molecule has 1 aliphatic rings. The average Bonchev–Trinajstić information content (AvgIpc) is 2.77. The first kappa shape index (κ1) is 21.3. The van der Waals surface area contributed by atoms with Crippen molar-refractivity contribution < 1.29 is 4.57 Å². The zero-order valence-corrected chi connectivity index (χ0v) is 23.5. The van der Waals surface area contributed by atoms with Gasteiger partial charge in [-0.15, -0.1) is 0 Å². The maximum absolute atomic E-state index is 2.51. The van der Waals surface area contributed by atoms with Crippen LogP contribution in [0.5, 0.6) is 0 Å². The van der Waals surface area contributed by atoms with Gasteiger partial charge in [0.25, 0.3) is 0 Å². The van der Waals surface area contributed by atoms with Gasteiger partial charge in [0, 0.05) is 0 Å². The Bertz CT molecular complexity index is 1660. The monoisotopic (exact) mass is 510 g/mol. The summed E-state index contributed by atoms with van der Waals surface area (Å²) >= 11 is -0.0401. The fourth-order valence-corrected chi connectivity index (χ4v) is 10.4. The van der Waals surface area contributed by atoms with Crippen LogP contribution in [0.15, 0.2) is 64.5 Å². The van der Waals surface area contributed by atoms with E-state index in [-0.39, 0.29) is 0 Å². The first-order valence-electron chi connectivity index (χ1n) is 11.8. The summed E-state index contributed by atoms with van der Waals surface area (Å²) < 4.78 is 3.95. The number of rotatable bonds is 1. The molecule has 1 nitrogen and oxygen atoms in total. The van der Waals surface area contributed by atoms with Crippen LogP contribution >= 0.6 is 11.8 Å². The normalized spacial score (nSPS) is 13.2. The molecule has 4 aromatic carbocycles. The van der Waals surface area contributed by atoms with Crippen molar-refractivity contribution in [2.45, 2.75) is 47.8 Å². The molecule has 164 valence electrons. The van der Waals surface area contributed by atoms with Gasteiger partial charge in [-0.25, -0.2) is 0 Å². The van der Waals surface area contributed by atoms with Gasteiger partial charge >= 0.3 is 204 Å². The second-order valence-electron chi connectivity index (χ2n) is 10.7. The molecule has 3 heteroatoms. The Kier molecular flexibility index (Phi) is 4.57. The van der Waals surface area contributed by atoms with E-state index in [1.54, 1.807) is 4.40 Å². The molecule has 1 aliphatic heterocycles. The van der Waals surface area contributed by atoms with Gasteiger partial charge in [-0.05, 0) is 0 Å². The van der Waals surface area contributed by atoms with Crippen LogP contribution in [0.4, 0.5) is 0 Å². The van der Waals surface area contributed by atoms with E-state index in [0.29, 0.717) is 0 Å². The van der Waals surface area contributed by atoms with Gasteiger partial charge in [-0.3, -0.25) is 0 Å². The molecule has 0 radical (unpaired) electrons. The van der Waals surface area contributed by atoms with Gasteiger partial charge < -0.3 is 0 Å². The van der Waals surface area contributed by atoms with Gasteiger partial charge in [0.15, 0.2) is 0 Å². The van der Waals surface area contributed by atoms with Crippen LogP contribution < -0.4 is 8.96 Å². The Morgan fingerprint density at radius 2 is 1.55 bits per heavy atom. The number of aromatic nitrogens is 1. The summed E-state index contributed by atoms with van der Waals surface area (Å²) in [6.07, 6.45) is 2.26. The van der Waals surface area contributed by atoms with Crippen molar-refractivity contribution in [2.75, 3.05) is 0 Å². The zero-order valence-electron chi connectivity index (χ0n) is 20.6. The Hall–Kier alpha value is -2.30.